The van der Waals surface area contributed by atoms with Crippen molar-refractivity contribution in [1.29, 1.82) is 0 Å². The van der Waals surface area contributed by atoms with Crippen molar-refractivity contribution in [2.45, 2.75) is 57.1 Å². The number of hydrogen-bond donors (Lipinski definition) is 2. The van der Waals surface area contributed by atoms with E-state index in [4.69, 9.17) is 4.74 Å². The monoisotopic (exact) mass is 402 g/mol. The van der Waals surface area contributed by atoms with E-state index in [2.05, 4.69) is 10.6 Å². The summed E-state index contributed by atoms with van der Waals surface area (Å²) in [5.74, 6) is 0.217. The largest absolute Gasteiger partial charge is 0.451 e. The van der Waals surface area contributed by atoms with Gasteiger partial charge in [-0.3, -0.25) is 14.4 Å². The number of ether oxygens (including phenoxy) is 1. The van der Waals surface area contributed by atoms with Crippen molar-refractivity contribution in [1.82, 2.24) is 10.6 Å². The highest BCUT2D eigenvalue weighted by Gasteiger charge is 2.51. The van der Waals surface area contributed by atoms with Gasteiger partial charge in [0.25, 0.3) is 11.8 Å². The van der Waals surface area contributed by atoms with Gasteiger partial charge in [-0.2, -0.15) is 0 Å². The van der Waals surface area contributed by atoms with Gasteiger partial charge >= 0.3 is 5.97 Å². The summed E-state index contributed by atoms with van der Waals surface area (Å²) in [6.07, 6.45) is 6.02. The molecule has 2 N–H and O–H groups in total. The lowest BCUT2D eigenvalue weighted by molar-refractivity contribution is -0.155. The third-order valence-electron chi connectivity index (χ3n) is 6.60. The van der Waals surface area contributed by atoms with E-state index in [-0.39, 0.29) is 23.6 Å². The molecule has 4 fully saturated rings. The summed E-state index contributed by atoms with van der Waals surface area (Å²) in [6, 6.07) is 5.00. The summed E-state index contributed by atoms with van der Waals surface area (Å²) in [4.78, 5) is 36.7. The van der Waals surface area contributed by atoms with Crippen LogP contribution < -0.4 is 10.6 Å². The molecule has 156 valence electrons. The van der Waals surface area contributed by atoms with Crippen LogP contribution in [-0.2, 0) is 14.3 Å². The Kier molecular flexibility index (Phi) is 5.32. The minimum atomic E-state index is -0.918. The molecule has 0 radical (unpaired) electrons. The first-order valence-electron chi connectivity index (χ1n) is 10.4. The maximum Gasteiger partial charge on any atom is 0.326 e. The van der Waals surface area contributed by atoms with Gasteiger partial charge in [0.15, 0.2) is 6.10 Å². The van der Waals surface area contributed by atoms with Crippen molar-refractivity contribution < 1.29 is 23.5 Å². The Bertz CT molecular complexity index is 772. The second-order valence-electron chi connectivity index (χ2n) is 9.01. The highest BCUT2D eigenvalue weighted by Crippen LogP contribution is 2.55. The zero-order chi connectivity index (χ0) is 20.6. The molecule has 0 spiro atoms. The number of amides is 2. The van der Waals surface area contributed by atoms with Crippen molar-refractivity contribution in [3.63, 3.8) is 0 Å². The fourth-order valence-corrected chi connectivity index (χ4v) is 5.77. The molecule has 2 amide bonds. The highest BCUT2D eigenvalue weighted by atomic mass is 19.1. The first-order valence-corrected chi connectivity index (χ1v) is 10.4. The van der Waals surface area contributed by atoms with E-state index in [1.807, 2.05) is 0 Å². The Labute approximate surface area is 169 Å². The molecule has 1 aromatic carbocycles. The number of rotatable bonds is 6. The first kappa shape index (κ1) is 19.9. The molecular formula is C22H27FN2O4. The van der Waals surface area contributed by atoms with Gasteiger partial charge < -0.3 is 15.4 Å². The standard InChI is InChI=1S/C22H27FN2O4/c1-13(29-19(26)12-24-21(28)17-2-4-18(23)5-3-17)20(27)25-22-9-14-6-15(10-22)8-16(7-14)11-22/h2-5,13-16H,6-12H2,1H3,(H,24,28)(H,25,27)/t13-,14?,15?,16?,22?/m1/s1. The average molecular weight is 402 g/mol. The van der Waals surface area contributed by atoms with Crippen molar-refractivity contribution in [3.05, 3.63) is 35.6 Å². The van der Waals surface area contributed by atoms with E-state index in [1.54, 1.807) is 6.92 Å². The van der Waals surface area contributed by atoms with Gasteiger partial charge in [-0.1, -0.05) is 0 Å². The van der Waals surface area contributed by atoms with Crippen LogP contribution in [0, 0.1) is 23.6 Å². The molecule has 0 heterocycles. The number of halogens is 1. The summed E-state index contributed by atoms with van der Waals surface area (Å²) in [6.45, 7) is 1.20. The van der Waals surface area contributed by atoms with E-state index in [0.717, 1.165) is 19.3 Å². The molecule has 4 aliphatic rings. The third-order valence-corrected chi connectivity index (χ3v) is 6.60. The number of esters is 1. The van der Waals surface area contributed by atoms with Crippen molar-refractivity contribution >= 4 is 17.8 Å². The maximum absolute atomic E-state index is 12.9. The third kappa shape index (κ3) is 4.43. The lowest BCUT2D eigenvalue weighted by atomic mass is 9.53. The van der Waals surface area contributed by atoms with Gasteiger partial charge in [-0.15, -0.1) is 0 Å². The zero-order valence-electron chi connectivity index (χ0n) is 16.6. The van der Waals surface area contributed by atoms with E-state index >= 15 is 0 Å². The molecule has 0 unspecified atom stereocenters. The molecule has 0 aromatic heterocycles. The molecule has 1 atom stereocenters. The Morgan fingerprint density at radius 3 is 2.17 bits per heavy atom. The first-order chi connectivity index (χ1) is 13.8. The zero-order valence-corrected chi connectivity index (χ0v) is 16.6. The summed E-state index contributed by atoms with van der Waals surface area (Å²) < 4.78 is 18.1. The van der Waals surface area contributed by atoms with E-state index < -0.39 is 23.8 Å². The predicted molar refractivity (Wildman–Crippen MR) is 103 cm³/mol. The summed E-state index contributed by atoms with van der Waals surface area (Å²) in [5, 5.41) is 5.61. The Balaban J connectivity index is 1.25. The normalized spacial score (nSPS) is 30.5. The number of benzene rings is 1. The van der Waals surface area contributed by atoms with Gasteiger partial charge in [0.05, 0.1) is 0 Å². The smallest absolute Gasteiger partial charge is 0.326 e. The van der Waals surface area contributed by atoms with Crippen LogP contribution in [-0.4, -0.2) is 36.0 Å². The van der Waals surface area contributed by atoms with Crippen LogP contribution in [0.5, 0.6) is 0 Å². The fourth-order valence-electron chi connectivity index (χ4n) is 5.77. The van der Waals surface area contributed by atoms with Crippen molar-refractivity contribution in [2.75, 3.05) is 6.54 Å². The molecule has 1 aromatic rings. The van der Waals surface area contributed by atoms with Gasteiger partial charge in [0.1, 0.15) is 12.4 Å². The molecular weight excluding hydrogens is 375 g/mol. The summed E-state index contributed by atoms with van der Waals surface area (Å²) in [5.41, 5.74) is 0.107. The lowest BCUT2D eigenvalue weighted by Crippen LogP contribution is -2.61. The molecule has 0 saturated heterocycles. The number of nitrogens with one attached hydrogen (secondary N) is 2. The van der Waals surface area contributed by atoms with Gasteiger partial charge in [0, 0.05) is 11.1 Å². The Morgan fingerprint density at radius 2 is 1.62 bits per heavy atom. The van der Waals surface area contributed by atoms with Crippen LogP contribution in [0.3, 0.4) is 0 Å². The summed E-state index contributed by atoms with van der Waals surface area (Å²) in [7, 11) is 0. The molecule has 4 saturated carbocycles. The SMILES string of the molecule is C[C@@H](OC(=O)CNC(=O)c1ccc(F)cc1)C(=O)NC12CC3CC(CC(C3)C1)C2. The lowest BCUT2D eigenvalue weighted by Gasteiger charge is -2.57. The molecule has 4 aliphatic carbocycles. The minimum Gasteiger partial charge on any atom is -0.451 e. The van der Waals surface area contributed by atoms with Gasteiger partial charge in [-0.25, -0.2) is 4.39 Å². The molecule has 29 heavy (non-hydrogen) atoms. The van der Waals surface area contributed by atoms with Crippen LogP contribution in [0.4, 0.5) is 4.39 Å². The predicted octanol–water partition coefficient (Wildman–Crippen LogP) is 2.57. The van der Waals surface area contributed by atoms with Crippen LogP contribution in [0.1, 0.15) is 55.8 Å². The van der Waals surface area contributed by atoms with Crippen LogP contribution in [0.25, 0.3) is 0 Å². The van der Waals surface area contributed by atoms with Gasteiger partial charge in [-0.05, 0) is 87.5 Å². The van der Waals surface area contributed by atoms with Crippen molar-refractivity contribution in [2.24, 2.45) is 17.8 Å². The van der Waals surface area contributed by atoms with E-state index in [0.29, 0.717) is 17.8 Å². The molecule has 0 aliphatic heterocycles. The van der Waals surface area contributed by atoms with Crippen LogP contribution >= 0.6 is 0 Å². The van der Waals surface area contributed by atoms with E-state index in [1.165, 1.54) is 43.5 Å². The molecule has 6 nitrogen and oxygen atoms in total. The number of carbonyl (C=O) groups is 3. The number of carbonyl (C=O) groups excluding carboxylic acids is 3. The maximum atomic E-state index is 12.9. The fraction of sp³-hybridized carbons (Fsp3) is 0.591. The van der Waals surface area contributed by atoms with Crippen LogP contribution in [0.2, 0.25) is 0 Å². The quantitative estimate of drug-likeness (QED) is 0.717. The van der Waals surface area contributed by atoms with Crippen LogP contribution in [0.15, 0.2) is 24.3 Å². The Morgan fingerprint density at radius 1 is 1.07 bits per heavy atom. The molecule has 7 heteroatoms. The Hall–Kier alpha value is -2.44. The second kappa shape index (κ2) is 7.76. The second-order valence-corrected chi connectivity index (χ2v) is 9.01. The van der Waals surface area contributed by atoms with Gasteiger partial charge in [0.2, 0.25) is 0 Å². The minimum absolute atomic E-state index is 0.136. The molecule has 5 rings (SSSR count). The molecule has 4 bridgehead atoms. The van der Waals surface area contributed by atoms with Crippen molar-refractivity contribution in [3.8, 4) is 0 Å². The number of hydrogen-bond acceptors (Lipinski definition) is 4. The highest BCUT2D eigenvalue weighted by molar-refractivity contribution is 5.96. The van der Waals surface area contributed by atoms with E-state index in [9.17, 15) is 18.8 Å². The topological polar surface area (TPSA) is 84.5 Å². The average Bonchev–Trinajstić information content (AvgIpc) is 2.65. The summed E-state index contributed by atoms with van der Waals surface area (Å²) >= 11 is 0.